The molecule has 0 saturated heterocycles. The van der Waals surface area contributed by atoms with Gasteiger partial charge in [0.25, 0.3) is 0 Å². The van der Waals surface area contributed by atoms with Gasteiger partial charge >= 0.3 is 0 Å². The molecular weight excluding hydrogens is 230 g/mol. The quantitative estimate of drug-likeness (QED) is 0.881. The lowest BCUT2D eigenvalue weighted by atomic mass is 10.1. The molecule has 0 aromatic carbocycles. The molecule has 4 heteroatoms. The molecule has 0 bridgehead atoms. The monoisotopic (exact) mass is 245 g/mol. The molecule has 0 aliphatic heterocycles. The Hall–Kier alpha value is -0.0900. The number of hydrogen-bond acceptors (Lipinski definition) is 3. The second kappa shape index (κ2) is 4.83. The van der Waals surface area contributed by atoms with Crippen LogP contribution in [0.5, 0.6) is 0 Å². The topological polar surface area (TPSA) is 21.3 Å². The fourth-order valence-corrected chi connectivity index (χ4v) is 3.50. The van der Waals surface area contributed by atoms with Crippen LogP contribution >= 0.6 is 22.9 Å². The first kappa shape index (κ1) is 11.4. The van der Waals surface area contributed by atoms with Crippen molar-refractivity contribution in [2.45, 2.75) is 31.8 Å². The molecule has 0 saturated carbocycles. The van der Waals surface area contributed by atoms with Crippen LogP contribution in [-0.4, -0.2) is 19.8 Å². The smallest absolute Gasteiger partial charge is 0.0934 e. The number of rotatable bonds is 4. The van der Waals surface area contributed by atoms with Gasteiger partial charge in [-0.05, 0) is 31.4 Å². The molecule has 15 heavy (non-hydrogen) atoms. The van der Waals surface area contributed by atoms with Crippen LogP contribution in [0.2, 0.25) is 4.34 Å². The Morgan fingerprint density at radius 3 is 3.27 bits per heavy atom. The van der Waals surface area contributed by atoms with E-state index >= 15 is 0 Å². The van der Waals surface area contributed by atoms with Gasteiger partial charge in [-0.3, -0.25) is 0 Å². The standard InChI is InChI=1S/C11H16ClNOS/c1-7(6-14-2)13-9-3-4-10-8(9)5-11(12)15-10/h5,7,9,13H,3-4,6H2,1-2H3. The number of hydrogen-bond donors (Lipinski definition) is 1. The Morgan fingerprint density at radius 1 is 1.73 bits per heavy atom. The molecule has 2 unspecified atom stereocenters. The number of halogens is 1. The SMILES string of the molecule is COCC(C)NC1CCc2sc(Cl)cc21. The number of ether oxygens (including phenoxy) is 1. The minimum atomic E-state index is 0.393. The van der Waals surface area contributed by atoms with Crippen molar-refractivity contribution >= 4 is 22.9 Å². The molecule has 0 amide bonds. The lowest BCUT2D eigenvalue weighted by Crippen LogP contribution is -2.32. The molecular formula is C11H16ClNOS. The predicted molar refractivity (Wildman–Crippen MR) is 64.9 cm³/mol. The first-order valence-electron chi connectivity index (χ1n) is 5.23. The number of fused-ring (bicyclic) bond motifs is 1. The molecule has 1 aliphatic carbocycles. The molecule has 2 rings (SSSR count). The summed E-state index contributed by atoms with van der Waals surface area (Å²) in [6.07, 6.45) is 2.34. The Balaban J connectivity index is 2.00. The largest absolute Gasteiger partial charge is 0.383 e. The number of aryl methyl sites for hydroxylation is 1. The Kier molecular flexibility index (Phi) is 3.67. The van der Waals surface area contributed by atoms with Crippen LogP contribution in [0, 0.1) is 0 Å². The van der Waals surface area contributed by atoms with Gasteiger partial charge < -0.3 is 10.1 Å². The van der Waals surface area contributed by atoms with Crippen LogP contribution in [0.4, 0.5) is 0 Å². The predicted octanol–water partition coefficient (Wildman–Crippen LogP) is 3.01. The van der Waals surface area contributed by atoms with E-state index in [1.807, 2.05) is 0 Å². The van der Waals surface area contributed by atoms with E-state index in [9.17, 15) is 0 Å². The van der Waals surface area contributed by atoms with Gasteiger partial charge in [0.15, 0.2) is 0 Å². The average molecular weight is 246 g/mol. The van der Waals surface area contributed by atoms with Gasteiger partial charge in [-0.15, -0.1) is 11.3 Å². The van der Waals surface area contributed by atoms with E-state index < -0.39 is 0 Å². The summed E-state index contributed by atoms with van der Waals surface area (Å²) >= 11 is 7.72. The fraction of sp³-hybridized carbons (Fsp3) is 0.636. The highest BCUT2D eigenvalue weighted by atomic mass is 35.5. The minimum Gasteiger partial charge on any atom is -0.383 e. The zero-order valence-electron chi connectivity index (χ0n) is 9.05. The lowest BCUT2D eigenvalue weighted by molar-refractivity contribution is 0.166. The first-order valence-corrected chi connectivity index (χ1v) is 6.43. The summed E-state index contributed by atoms with van der Waals surface area (Å²) in [4.78, 5) is 1.45. The molecule has 0 fully saturated rings. The molecule has 2 atom stereocenters. The second-order valence-corrected chi connectivity index (χ2v) is 5.81. The zero-order valence-corrected chi connectivity index (χ0v) is 10.6. The summed E-state index contributed by atoms with van der Waals surface area (Å²) in [5.41, 5.74) is 1.40. The molecule has 0 radical (unpaired) electrons. The summed E-state index contributed by atoms with van der Waals surface area (Å²) in [6.45, 7) is 2.90. The van der Waals surface area contributed by atoms with Crippen molar-refractivity contribution < 1.29 is 4.74 Å². The van der Waals surface area contributed by atoms with Gasteiger partial charge in [0.05, 0.1) is 10.9 Å². The average Bonchev–Trinajstić information content (AvgIpc) is 2.67. The lowest BCUT2D eigenvalue weighted by Gasteiger charge is -2.18. The third-order valence-electron chi connectivity index (χ3n) is 2.75. The second-order valence-electron chi connectivity index (χ2n) is 4.04. The van der Waals surface area contributed by atoms with Crippen LogP contribution in [-0.2, 0) is 11.2 Å². The molecule has 1 heterocycles. The van der Waals surface area contributed by atoms with E-state index in [0.717, 1.165) is 17.4 Å². The molecule has 0 spiro atoms. The Bertz CT molecular complexity index is 339. The normalized spacial score (nSPS) is 21.7. The maximum absolute atomic E-state index is 6.01. The van der Waals surface area contributed by atoms with Crippen LogP contribution in [0.3, 0.4) is 0 Å². The van der Waals surface area contributed by atoms with Gasteiger partial charge in [0.1, 0.15) is 0 Å². The van der Waals surface area contributed by atoms with Crippen LogP contribution in [0.15, 0.2) is 6.07 Å². The van der Waals surface area contributed by atoms with Crippen LogP contribution < -0.4 is 5.32 Å². The van der Waals surface area contributed by atoms with E-state index in [-0.39, 0.29) is 0 Å². The number of nitrogens with one attached hydrogen (secondary N) is 1. The molecule has 1 N–H and O–H groups in total. The van der Waals surface area contributed by atoms with E-state index in [1.54, 1.807) is 18.4 Å². The third-order valence-corrected chi connectivity index (χ3v) is 4.09. The van der Waals surface area contributed by atoms with Crippen LogP contribution in [0.1, 0.15) is 29.8 Å². The minimum absolute atomic E-state index is 0.393. The maximum atomic E-state index is 6.01. The van der Waals surface area contributed by atoms with E-state index in [1.165, 1.54) is 16.9 Å². The molecule has 1 aromatic rings. The molecule has 84 valence electrons. The summed E-state index contributed by atoms with van der Waals surface area (Å²) in [7, 11) is 1.74. The van der Waals surface area contributed by atoms with E-state index in [4.69, 9.17) is 16.3 Å². The summed E-state index contributed by atoms with van der Waals surface area (Å²) < 4.78 is 6.03. The fourth-order valence-electron chi connectivity index (χ4n) is 2.14. The highest BCUT2D eigenvalue weighted by molar-refractivity contribution is 7.16. The van der Waals surface area contributed by atoms with Gasteiger partial charge in [-0.2, -0.15) is 0 Å². The molecule has 2 nitrogen and oxygen atoms in total. The number of methoxy groups -OCH3 is 1. The zero-order chi connectivity index (χ0) is 10.8. The van der Waals surface area contributed by atoms with Gasteiger partial charge in [0.2, 0.25) is 0 Å². The summed E-state index contributed by atoms with van der Waals surface area (Å²) in [5.74, 6) is 0. The molecule has 1 aromatic heterocycles. The number of thiophene rings is 1. The van der Waals surface area contributed by atoms with Crippen molar-refractivity contribution in [2.24, 2.45) is 0 Å². The Labute approximate surface area is 99.6 Å². The van der Waals surface area contributed by atoms with Crippen LogP contribution in [0.25, 0.3) is 0 Å². The van der Waals surface area contributed by atoms with Crippen molar-refractivity contribution in [3.8, 4) is 0 Å². The van der Waals surface area contributed by atoms with Crippen molar-refractivity contribution in [1.82, 2.24) is 5.32 Å². The maximum Gasteiger partial charge on any atom is 0.0934 e. The first-order chi connectivity index (χ1) is 7.20. The third kappa shape index (κ3) is 2.53. The highest BCUT2D eigenvalue weighted by Crippen LogP contribution is 2.39. The van der Waals surface area contributed by atoms with Gasteiger partial charge in [0, 0.05) is 24.1 Å². The van der Waals surface area contributed by atoms with Crippen molar-refractivity contribution in [2.75, 3.05) is 13.7 Å². The summed E-state index contributed by atoms with van der Waals surface area (Å²) in [5, 5.41) is 3.57. The van der Waals surface area contributed by atoms with Crippen molar-refractivity contribution in [3.63, 3.8) is 0 Å². The Morgan fingerprint density at radius 2 is 2.53 bits per heavy atom. The summed E-state index contributed by atoms with van der Waals surface area (Å²) in [6, 6.07) is 2.96. The van der Waals surface area contributed by atoms with Crippen molar-refractivity contribution in [3.05, 3.63) is 20.8 Å². The van der Waals surface area contributed by atoms with Gasteiger partial charge in [-0.1, -0.05) is 11.6 Å². The molecule has 1 aliphatic rings. The van der Waals surface area contributed by atoms with E-state index in [0.29, 0.717) is 12.1 Å². The van der Waals surface area contributed by atoms with Crippen molar-refractivity contribution in [1.29, 1.82) is 0 Å². The van der Waals surface area contributed by atoms with E-state index in [2.05, 4.69) is 18.3 Å². The highest BCUT2D eigenvalue weighted by Gasteiger charge is 2.25. The van der Waals surface area contributed by atoms with Gasteiger partial charge in [-0.25, -0.2) is 0 Å².